The summed E-state index contributed by atoms with van der Waals surface area (Å²) in [5, 5.41) is 0.479. The lowest BCUT2D eigenvalue weighted by Gasteiger charge is -2.00. The average molecular weight is 224 g/mol. The van der Waals surface area contributed by atoms with Crippen LogP contribution in [0.2, 0.25) is 0 Å². The van der Waals surface area contributed by atoms with Gasteiger partial charge in [0, 0.05) is 24.7 Å². The molecule has 0 fully saturated rings. The minimum atomic E-state index is -0.0914. The van der Waals surface area contributed by atoms with Gasteiger partial charge in [0.15, 0.2) is 11.3 Å². The Kier molecular flexibility index (Phi) is 2.15. The zero-order chi connectivity index (χ0) is 11.7. The molecule has 0 aliphatic carbocycles. The van der Waals surface area contributed by atoms with Crippen molar-refractivity contribution in [1.82, 2.24) is 19.9 Å². The van der Waals surface area contributed by atoms with Crippen molar-refractivity contribution in [2.75, 3.05) is 0 Å². The van der Waals surface area contributed by atoms with E-state index in [1.54, 1.807) is 12.4 Å². The SMILES string of the molecule is O=c1cc[nH]c2nc(-c3ccccn3)ncc12. The smallest absolute Gasteiger partial charge is 0.192 e. The maximum Gasteiger partial charge on any atom is 0.192 e. The van der Waals surface area contributed by atoms with Crippen LogP contribution >= 0.6 is 0 Å². The van der Waals surface area contributed by atoms with E-state index in [1.165, 1.54) is 12.3 Å². The number of aromatic nitrogens is 4. The van der Waals surface area contributed by atoms with E-state index in [0.29, 0.717) is 22.6 Å². The highest BCUT2D eigenvalue weighted by molar-refractivity contribution is 5.74. The second-order valence-corrected chi connectivity index (χ2v) is 3.51. The summed E-state index contributed by atoms with van der Waals surface area (Å²) < 4.78 is 0. The first kappa shape index (κ1) is 9.65. The van der Waals surface area contributed by atoms with Crippen molar-refractivity contribution in [2.24, 2.45) is 0 Å². The molecular weight excluding hydrogens is 216 g/mol. The Hall–Kier alpha value is -2.56. The quantitative estimate of drug-likeness (QED) is 0.677. The first-order valence-electron chi connectivity index (χ1n) is 5.10. The molecule has 5 nitrogen and oxygen atoms in total. The molecule has 0 aliphatic heterocycles. The molecule has 3 heterocycles. The van der Waals surface area contributed by atoms with Crippen LogP contribution in [0, 0.1) is 0 Å². The van der Waals surface area contributed by atoms with Crippen molar-refractivity contribution in [3.8, 4) is 11.5 Å². The number of fused-ring (bicyclic) bond motifs is 1. The highest BCUT2D eigenvalue weighted by Gasteiger charge is 2.05. The summed E-state index contributed by atoms with van der Waals surface area (Å²) in [6, 6.07) is 6.96. The molecule has 82 valence electrons. The van der Waals surface area contributed by atoms with Crippen LogP contribution in [0.3, 0.4) is 0 Å². The second kappa shape index (κ2) is 3.79. The molecule has 3 aromatic rings. The van der Waals surface area contributed by atoms with Crippen molar-refractivity contribution in [1.29, 1.82) is 0 Å². The lowest BCUT2D eigenvalue weighted by Crippen LogP contribution is -2.03. The van der Waals surface area contributed by atoms with Gasteiger partial charge in [-0.1, -0.05) is 6.07 Å². The van der Waals surface area contributed by atoms with Crippen LogP contribution in [0.15, 0.2) is 47.7 Å². The molecule has 1 N–H and O–H groups in total. The molecule has 0 saturated carbocycles. The third-order valence-corrected chi connectivity index (χ3v) is 2.40. The molecule has 0 atom stereocenters. The Morgan fingerprint density at radius 2 is 2.06 bits per heavy atom. The van der Waals surface area contributed by atoms with E-state index in [0.717, 1.165) is 0 Å². The number of nitrogens with one attached hydrogen (secondary N) is 1. The summed E-state index contributed by atoms with van der Waals surface area (Å²) >= 11 is 0. The van der Waals surface area contributed by atoms with Gasteiger partial charge in [0.25, 0.3) is 0 Å². The highest BCUT2D eigenvalue weighted by atomic mass is 16.1. The molecule has 17 heavy (non-hydrogen) atoms. The van der Waals surface area contributed by atoms with Crippen LogP contribution in [-0.4, -0.2) is 19.9 Å². The number of hydrogen-bond acceptors (Lipinski definition) is 4. The van der Waals surface area contributed by atoms with E-state index < -0.39 is 0 Å². The number of pyridine rings is 2. The third-order valence-electron chi connectivity index (χ3n) is 2.40. The predicted octanol–water partition coefficient (Wildman–Crippen LogP) is 1.38. The molecule has 0 spiro atoms. The number of aromatic amines is 1. The molecule has 0 aromatic carbocycles. The Balaban J connectivity index is 2.25. The molecule has 3 aromatic heterocycles. The van der Waals surface area contributed by atoms with Gasteiger partial charge in [-0.25, -0.2) is 9.97 Å². The maximum absolute atomic E-state index is 11.5. The van der Waals surface area contributed by atoms with Gasteiger partial charge in [0.05, 0.1) is 5.39 Å². The molecule has 0 saturated heterocycles. The maximum atomic E-state index is 11.5. The molecule has 0 aliphatic rings. The van der Waals surface area contributed by atoms with Gasteiger partial charge in [0.2, 0.25) is 0 Å². The fourth-order valence-electron chi connectivity index (χ4n) is 1.58. The molecule has 3 rings (SSSR count). The van der Waals surface area contributed by atoms with E-state index in [2.05, 4.69) is 19.9 Å². The average Bonchev–Trinajstić information content (AvgIpc) is 2.40. The Morgan fingerprint density at radius 1 is 1.12 bits per heavy atom. The summed E-state index contributed by atoms with van der Waals surface area (Å²) in [5.41, 5.74) is 1.11. The molecule has 0 radical (unpaired) electrons. The van der Waals surface area contributed by atoms with Crippen LogP contribution in [0.5, 0.6) is 0 Å². The van der Waals surface area contributed by atoms with E-state index in [9.17, 15) is 4.79 Å². The minimum absolute atomic E-state index is 0.0914. The molecule has 0 bridgehead atoms. The largest absolute Gasteiger partial charge is 0.346 e. The van der Waals surface area contributed by atoms with Crippen molar-refractivity contribution in [3.63, 3.8) is 0 Å². The van der Waals surface area contributed by atoms with E-state index >= 15 is 0 Å². The Morgan fingerprint density at radius 3 is 2.88 bits per heavy atom. The van der Waals surface area contributed by atoms with Crippen LogP contribution in [0.25, 0.3) is 22.6 Å². The van der Waals surface area contributed by atoms with Crippen LogP contribution in [0.1, 0.15) is 0 Å². The highest BCUT2D eigenvalue weighted by Crippen LogP contribution is 2.12. The Bertz CT molecular complexity index is 721. The molecule has 0 amide bonds. The van der Waals surface area contributed by atoms with E-state index in [-0.39, 0.29) is 5.43 Å². The van der Waals surface area contributed by atoms with Gasteiger partial charge >= 0.3 is 0 Å². The normalized spacial score (nSPS) is 10.6. The van der Waals surface area contributed by atoms with Gasteiger partial charge in [0.1, 0.15) is 11.3 Å². The minimum Gasteiger partial charge on any atom is -0.346 e. The number of H-pyrrole nitrogens is 1. The monoisotopic (exact) mass is 224 g/mol. The fourth-order valence-corrected chi connectivity index (χ4v) is 1.58. The summed E-state index contributed by atoms with van der Waals surface area (Å²) in [7, 11) is 0. The number of hydrogen-bond donors (Lipinski definition) is 1. The lowest BCUT2D eigenvalue weighted by atomic mass is 10.3. The van der Waals surface area contributed by atoms with Gasteiger partial charge in [-0.15, -0.1) is 0 Å². The fraction of sp³-hybridized carbons (Fsp3) is 0. The summed E-state index contributed by atoms with van der Waals surface area (Å²) in [4.78, 5) is 27.0. The zero-order valence-corrected chi connectivity index (χ0v) is 8.79. The van der Waals surface area contributed by atoms with Gasteiger partial charge in [-0.3, -0.25) is 9.78 Å². The van der Waals surface area contributed by atoms with Crippen molar-refractivity contribution < 1.29 is 0 Å². The van der Waals surface area contributed by atoms with Crippen LogP contribution < -0.4 is 5.43 Å². The second-order valence-electron chi connectivity index (χ2n) is 3.51. The molecular formula is C12H8N4O. The summed E-state index contributed by atoms with van der Waals surface area (Å²) in [6.07, 6.45) is 4.77. The molecule has 0 unspecified atom stereocenters. The lowest BCUT2D eigenvalue weighted by molar-refractivity contribution is 1.15. The standard InChI is InChI=1S/C12H8N4O/c17-10-4-6-14-11-8(10)7-15-12(16-11)9-3-1-2-5-13-9/h1-7H,(H,14,15,16,17). The predicted molar refractivity (Wildman–Crippen MR) is 63.4 cm³/mol. The van der Waals surface area contributed by atoms with Crippen molar-refractivity contribution >= 4 is 11.0 Å². The van der Waals surface area contributed by atoms with Crippen LogP contribution in [0.4, 0.5) is 0 Å². The number of nitrogens with zero attached hydrogens (tertiary/aromatic N) is 3. The van der Waals surface area contributed by atoms with E-state index in [4.69, 9.17) is 0 Å². The van der Waals surface area contributed by atoms with Gasteiger partial charge in [-0.05, 0) is 12.1 Å². The van der Waals surface area contributed by atoms with Crippen LogP contribution in [-0.2, 0) is 0 Å². The number of rotatable bonds is 1. The topological polar surface area (TPSA) is 71.5 Å². The van der Waals surface area contributed by atoms with Gasteiger partial charge in [-0.2, -0.15) is 0 Å². The molecule has 5 heteroatoms. The summed E-state index contributed by atoms with van der Waals surface area (Å²) in [6.45, 7) is 0. The van der Waals surface area contributed by atoms with Crippen molar-refractivity contribution in [2.45, 2.75) is 0 Å². The van der Waals surface area contributed by atoms with Gasteiger partial charge < -0.3 is 4.98 Å². The third kappa shape index (κ3) is 1.67. The summed E-state index contributed by atoms with van der Waals surface area (Å²) in [5.74, 6) is 0.500. The van der Waals surface area contributed by atoms with Crippen molar-refractivity contribution in [3.05, 3.63) is 53.1 Å². The zero-order valence-electron chi connectivity index (χ0n) is 8.79. The first-order valence-corrected chi connectivity index (χ1v) is 5.10. The van der Waals surface area contributed by atoms with E-state index in [1.807, 2.05) is 18.2 Å². The Labute approximate surface area is 96.2 Å². The first-order chi connectivity index (χ1) is 8.34.